The molecule has 3 aromatic rings. The van der Waals surface area contributed by atoms with Crippen LogP contribution in [0.15, 0.2) is 35.0 Å². The van der Waals surface area contributed by atoms with Crippen molar-refractivity contribution in [2.24, 2.45) is 0 Å². The molecular formula is C18H15Cl2N3OS2. The summed E-state index contributed by atoms with van der Waals surface area (Å²) in [5.41, 5.74) is 2.81. The van der Waals surface area contributed by atoms with E-state index in [4.69, 9.17) is 23.2 Å². The molecule has 1 amide bonds. The van der Waals surface area contributed by atoms with E-state index in [1.807, 2.05) is 29.0 Å². The Kier molecular flexibility index (Phi) is 5.29. The highest BCUT2D eigenvalue weighted by molar-refractivity contribution is 7.16. The van der Waals surface area contributed by atoms with E-state index in [9.17, 15) is 4.79 Å². The van der Waals surface area contributed by atoms with Crippen molar-refractivity contribution >= 4 is 56.9 Å². The van der Waals surface area contributed by atoms with Crippen molar-refractivity contribution in [3.8, 4) is 0 Å². The van der Waals surface area contributed by atoms with E-state index in [0.29, 0.717) is 20.7 Å². The normalized spacial score (nSPS) is 14.2. The third-order valence-electron chi connectivity index (χ3n) is 4.22. The van der Waals surface area contributed by atoms with E-state index >= 15 is 0 Å². The summed E-state index contributed by atoms with van der Waals surface area (Å²) in [6.07, 6.45) is 0.866. The lowest BCUT2D eigenvalue weighted by atomic mass is 10.1. The Hall–Kier alpha value is -1.44. The van der Waals surface area contributed by atoms with Crippen molar-refractivity contribution in [2.75, 3.05) is 11.9 Å². The fraction of sp³-hybridized carbons (Fsp3) is 0.222. The van der Waals surface area contributed by atoms with Gasteiger partial charge in [0, 0.05) is 46.4 Å². The number of amides is 1. The van der Waals surface area contributed by atoms with Crippen LogP contribution in [0, 0.1) is 0 Å². The summed E-state index contributed by atoms with van der Waals surface area (Å²) < 4.78 is 0. The van der Waals surface area contributed by atoms with Crippen LogP contribution < -0.4 is 5.32 Å². The van der Waals surface area contributed by atoms with Crippen LogP contribution in [0.5, 0.6) is 0 Å². The van der Waals surface area contributed by atoms with Crippen LogP contribution in [-0.2, 0) is 19.5 Å². The average Bonchev–Trinajstić information content (AvgIpc) is 3.26. The van der Waals surface area contributed by atoms with Gasteiger partial charge in [-0.2, -0.15) is 11.3 Å². The molecule has 0 atom stereocenters. The van der Waals surface area contributed by atoms with E-state index in [2.05, 4.69) is 15.2 Å². The maximum atomic E-state index is 12.2. The number of hydrogen-bond acceptors (Lipinski definition) is 5. The molecule has 0 radical (unpaired) electrons. The number of thiazole rings is 1. The van der Waals surface area contributed by atoms with Crippen molar-refractivity contribution in [1.82, 2.24) is 9.88 Å². The molecule has 1 aromatic carbocycles. The predicted octanol–water partition coefficient (Wildman–Crippen LogP) is 5.32. The number of nitrogens with zero attached hydrogens (tertiary/aromatic N) is 2. The lowest BCUT2D eigenvalue weighted by Crippen LogP contribution is -2.29. The third-order valence-corrected chi connectivity index (χ3v) is 6.49. The molecule has 0 saturated heterocycles. The number of thiophene rings is 1. The molecule has 4 rings (SSSR count). The Morgan fingerprint density at radius 3 is 2.96 bits per heavy atom. The molecule has 0 saturated carbocycles. The van der Waals surface area contributed by atoms with Gasteiger partial charge in [-0.15, -0.1) is 11.3 Å². The molecule has 1 aliphatic heterocycles. The molecular weight excluding hydrogens is 409 g/mol. The number of hydrogen-bond donors (Lipinski definition) is 1. The lowest BCUT2D eigenvalue weighted by Gasteiger charge is -2.26. The maximum absolute atomic E-state index is 12.2. The molecule has 3 heterocycles. The van der Waals surface area contributed by atoms with Crippen LogP contribution in [0.3, 0.4) is 0 Å². The summed E-state index contributed by atoms with van der Waals surface area (Å²) in [6.45, 7) is 2.48. The second-order valence-corrected chi connectivity index (χ2v) is 8.76. The molecule has 1 aliphatic rings. The smallest absolute Gasteiger partial charge is 0.258 e. The summed E-state index contributed by atoms with van der Waals surface area (Å²) in [6, 6.07) is 7.42. The Balaban J connectivity index is 1.44. The second-order valence-electron chi connectivity index (χ2n) is 6.05. The van der Waals surface area contributed by atoms with Gasteiger partial charge in [0.2, 0.25) is 0 Å². The van der Waals surface area contributed by atoms with Crippen molar-refractivity contribution in [3.63, 3.8) is 0 Å². The van der Waals surface area contributed by atoms with Crippen LogP contribution in [0.2, 0.25) is 10.0 Å². The van der Waals surface area contributed by atoms with E-state index in [1.54, 1.807) is 17.4 Å². The molecule has 0 fully saturated rings. The first-order chi connectivity index (χ1) is 12.6. The summed E-state index contributed by atoms with van der Waals surface area (Å²) in [5, 5.41) is 8.63. The van der Waals surface area contributed by atoms with Gasteiger partial charge in [-0.25, -0.2) is 4.98 Å². The van der Waals surface area contributed by atoms with Crippen molar-refractivity contribution in [1.29, 1.82) is 0 Å². The first-order valence-electron chi connectivity index (χ1n) is 8.07. The molecule has 2 aromatic heterocycles. The Labute approximate surface area is 169 Å². The van der Waals surface area contributed by atoms with Gasteiger partial charge in [-0.3, -0.25) is 15.0 Å². The topological polar surface area (TPSA) is 45.2 Å². The number of carbonyl (C=O) groups excluding carboxylic acids is 1. The predicted molar refractivity (Wildman–Crippen MR) is 109 cm³/mol. The number of halogens is 2. The lowest BCUT2D eigenvalue weighted by molar-refractivity contribution is 0.102. The molecule has 4 nitrogen and oxygen atoms in total. The molecule has 1 N–H and O–H groups in total. The summed E-state index contributed by atoms with van der Waals surface area (Å²) in [7, 11) is 0. The number of benzene rings is 1. The van der Waals surface area contributed by atoms with Gasteiger partial charge in [0.15, 0.2) is 5.13 Å². The summed E-state index contributed by atoms with van der Waals surface area (Å²) in [5.74, 6) is -0.109. The monoisotopic (exact) mass is 423 g/mol. The SMILES string of the molecule is O=C(Nc1nc2c(s1)CN(Cc1ccc(Cl)cc1Cl)CC2)c1ccsc1. The number of fused-ring (bicyclic) bond motifs is 1. The first-order valence-corrected chi connectivity index (χ1v) is 10.6. The van der Waals surface area contributed by atoms with Gasteiger partial charge in [0.25, 0.3) is 5.91 Å². The van der Waals surface area contributed by atoms with E-state index in [-0.39, 0.29) is 5.91 Å². The molecule has 0 aliphatic carbocycles. The zero-order valence-corrected chi connectivity index (χ0v) is 16.8. The quantitative estimate of drug-likeness (QED) is 0.617. The summed E-state index contributed by atoms with van der Waals surface area (Å²) in [4.78, 5) is 20.3. The fourth-order valence-corrected chi connectivity index (χ4v) is 5.04. The highest BCUT2D eigenvalue weighted by Crippen LogP contribution is 2.30. The number of rotatable bonds is 4. The Morgan fingerprint density at radius 2 is 2.19 bits per heavy atom. The fourth-order valence-electron chi connectivity index (χ4n) is 2.89. The number of nitrogens with one attached hydrogen (secondary N) is 1. The molecule has 0 spiro atoms. The third kappa shape index (κ3) is 3.94. The van der Waals surface area contributed by atoms with Crippen LogP contribution >= 0.6 is 45.9 Å². The number of anilines is 1. The molecule has 0 bridgehead atoms. The van der Waals surface area contributed by atoms with Gasteiger partial charge in [-0.1, -0.05) is 29.3 Å². The highest BCUT2D eigenvalue weighted by atomic mass is 35.5. The van der Waals surface area contributed by atoms with Crippen molar-refractivity contribution < 1.29 is 4.79 Å². The van der Waals surface area contributed by atoms with Crippen LogP contribution in [0.1, 0.15) is 26.5 Å². The maximum Gasteiger partial charge on any atom is 0.258 e. The Morgan fingerprint density at radius 1 is 1.31 bits per heavy atom. The summed E-state index contributed by atoms with van der Waals surface area (Å²) >= 11 is 15.3. The zero-order chi connectivity index (χ0) is 18.1. The first kappa shape index (κ1) is 17.9. The minimum absolute atomic E-state index is 0.109. The van der Waals surface area contributed by atoms with Gasteiger partial charge in [0.1, 0.15) is 0 Å². The zero-order valence-electron chi connectivity index (χ0n) is 13.7. The standard InChI is InChI=1S/C18H15Cl2N3OS2/c19-13-2-1-11(14(20)7-13)8-23-5-3-15-16(9-23)26-18(21-15)22-17(24)12-4-6-25-10-12/h1-2,4,6-7,10H,3,5,8-9H2,(H,21,22,24). The van der Waals surface area contributed by atoms with Gasteiger partial charge >= 0.3 is 0 Å². The molecule has 8 heteroatoms. The minimum Gasteiger partial charge on any atom is -0.298 e. The van der Waals surface area contributed by atoms with Gasteiger partial charge in [-0.05, 0) is 29.1 Å². The van der Waals surface area contributed by atoms with Gasteiger partial charge < -0.3 is 0 Å². The molecule has 26 heavy (non-hydrogen) atoms. The van der Waals surface area contributed by atoms with Crippen molar-refractivity contribution in [2.45, 2.75) is 19.5 Å². The van der Waals surface area contributed by atoms with Crippen LogP contribution in [-0.4, -0.2) is 22.3 Å². The number of aromatic nitrogens is 1. The van der Waals surface area contributed by atoms with E-state index in [1.165, 1.54) is 16.2 Å². The Bertz CT molecular complexity index is 940. The number of carbonyl (C=O) groups is 1. The van der Waals surface area contributed by atoms with E-state index in [0.717, 1.165) is 37.3 Å². The largest absolute Gasteiger partial charge is 0.298 e. The van der Waals surface area contributed by atoms with E-state index < -0.39 is 0 Å². The van der Waals surface area contributed by atoms with Gasteiger partial charge in [0.05, 0.1) is 11.3 Å². The average molecular weight is 424 g/mol. The molecule has 0 unspecified atom stereocenters. The minimum atomic E-state index is -0.109. The van der Waals surface area contributed by atoms with Crippen LogP contribution in [0.25, 0.3) is 0 Å². The molecule has 134 valence electrons. The highest BCUT2D eigenvalue weighted by Gasteiger charge is 2.22. The second kappa shape index (κ2) is 7.66. The van der Waals surface area contributed by atoms with Crippen LogP contribution in [0.4, 0.5) is 5.13 Å². The van der Waals surface area contributed by atoms with Crippen molar-refractivity contribution in [3.05, 3.63) is 66.8 Å².